The van der Waals surface area contributed by atoms with Crippen LogP contribution in [0.1, 0.15) is 55.3 Å². The van der Waals surface area contributed by atoms with Gasteiger partial charge in [0.05, 0.1) is 16.5 Å². The predicted molar refractivity (Wildman–Crippen MR) is 133 cm³/mol. The molecule has 166 valence electrons. The molecule has 2 nitrogen and oxygen atoms in total. The summed E-state index contributed by atoms with van der Waals surface area (Å²) >= 11 is 0. The average Bonchev–Trinajstić information content (AvgIpc) is 3.36. The van der Waals surface area contributed by atoms with Gasteiger partial charge in [-0.2, -0.15) is 0 Å². The molecule has 0 amide bonds. The molecule has 3 aromatic carbocycles. The summed E-state index contributed by atoms with van der Waals surface area (Å²) in [7, 11) is -0.225. The maximum atomic E-state index is 13.0. The van der Waals surface area contributed by atoms with Crippen molar-refractivity contribution in [2.75, 3.05) is 0 Å². The van der Waals surface area contributed by atoms with Gasteiger partial charge in [-0.15, -0.1) is 0 Å². The molecule has 2 saturated carbocycles. The Hall–Kier alpha value is -2.96. The van der Waals surface area contributed by atoms with Crippen LogP contribution in [-0.2, 0) is 15.6 Å². The molecule has 3 aromatic rings. The Labute approximate surface area is 199 Å². The van der Waals surface area contributed by atoms with Crippen LogP contribution >= 0.6 is 0 Å². The number of rotatable bonds is 5. The third-order valence-electron chi connectivity index (χ3n) is 6.59. The lowest BCUT2D eigenvalue weighted by atomic mass is 9.80. The van der Waals surface area contributed by atoms with Gasteiger partial charge < -0.3 is 4.74 Å². The monoisotopic (exact) mass is 453 g/mol. The van der Waals surface area contributed by atoms with Gasteiger partial charge in [0.2, 0.25) is 0 Å². The molecule has 0 N–H and O–H groups in total. The summed E-state index contributed by atoms with van der Waals surface area (Å²) in [6, 6.07) is 29.0. The molecule has 0 unspecified atom stereocenters. The van der Waals surface area contributed by atoms with E-state index in [1.54, 1.807) is 0 Å². The van der Waals surface area contributed by atoms with E-state index in [1.807, 2.05) is 24.3 Å². The Morgan fingerprint density at radius 2 is 1.30 bits per heavy atom. The van der Waals surface area contributed by atoms with E-state index in [9.17, 15) is 4.79 Å². The van der Waals surface area contributed by atoms with E-state index in [2.05, 4.69) is 72.5 Å². The quantitative estimate of drug-likeness (QED) is 0.235. The molecule has 0 heterocycles. The van der Waals surface area contributed by atoms with Crippen LogP contribution in [0.3, 0.4) is 0 Å². The number of hydrogen-bond acceptors (Lipinski definition) is 2. The fraction of sp³-hybridized carbons (Fsp3) is 0.300. The molecule has 0 aromatic heterocycles. The summed E-state index contributed by atoms with van der Waals surface area (Å²) in [5, 5.41) is 0. The van der Waals surface area contributed by atoms with E-state index in [0.29, 0.717) is 11.5 Å². The second kappa shape index (κ2) is 9.89. The molecule has 2 aliphatic carbocycles. The Bertz CT molecular complexity index is 1090. The number of ether oxygens (including phenoxy) is 1. The van der Waals surface area contributed by atoms with Crippen LogP contribution in [-0.4, -0.2) is 11.6 Å². The normalized spacial score (nSPS) is 17.1. The highest BCUT2D eigenvalue weighted by Gasteiger charge is 2.40. The first-order chi connectivity index (χ1) is 16.2. The first-order valence-corrected chi connectivity index (χ1v) is 13.2. The fourth-order valence-corrected chi connectivity index (χ4v) is 6.62. The number of carbonyl (C=O) groups is 1. The van der Waals surface area contributed by atoms with E-state index in [4.69, 9.17) is 4.74 Å². The molecule has 2 aliphatic rings. The Kier molecular flexibility index (Phi) is 6.55. The lowest BCUT2D eigenvalue weighted by Gasteiger charge is -2.36. The van der Waals surface area contributed by atoms with Crippen LogP contribution in [0.4, 0.5) is 0 Å². The van der Waals surface area contributed by atoms with Crippen LogP contribution in [0.5, 0.6) is 0 Å². The lowest BCUT2D eigenvalue weighted by Crippen LogP contribution is -2.40. The molecule has 0 radical (unpaired) electrons. The van der Waals surface area contributed by atoms with Gasteiger partial charge in [0.25, 0.3) is 0 Å². The maximum Gasteiger partial charge on any atom is 0.339 e. The van der Waals surface area contributed by atoms with Gasteiger partial charge >= 0.3 is 5.97 Å². The largest absolute Gasteiger partial charge is 0.442 e. The number of benzene rings is 3. The van der Waals surface area contributed by atoms with Crippen molar-refractivity contribution in [1.29, 1.82) is 0 Å². The van der Waals surface area contributed by atoms with Crippen molar-refractivity contribution >= 4 is 16.9 Å². The molecule has 2 fully saturated rings. The van der Waals surface area contributed by atoms with Crippen molar-refractivity contribution in [3.63, 3.8) is 0 Å². The predicted octanol–water partition coefficient (Wildman–Crippen LogP) is 7.06. The highest BCUT2D eigenvalue weighted by Crippen LogP contribution is 2.37. The van der Waals surface area contributed by atoms with Crippen molar-refractivity contribution < 1.29 is 9.53 Å². The first kappa shape index (κ1) is 21.9. The fourth-order valence-electron chi connectivity index (χ4n) is 4.54. The topological polar surface area (TPSA) is 26.3 Å². The zero-order chi connectivity index (χ0) is 22.5. The minimum atomic E-state index is -0.573. The zero-order valence-corrected chi connectivity index (χ0v) is 19.7. The second-order valence-electron chi connectivity index (χ2n) is 8.94. The molecular weight excluding hydrogens is 424 g/mol. The summed E-state index contributed by atoms with van der Waals surface area (Å²) in [4.78, 5) is 16.7. The van der Waals surface area contributed by atoms with E-state index < -0.39 is 5.60 Å². The molecule has 0 saturated heterocycles. The maximum absolute atomic E-state index is 13.0. The van der Waals surface area contributed by atoms with Gasteiger partial charge in [-0.05, 0) is 80.6 Å². The summed E-state index contributed by atoms with van der Waals surface area (Å²) in [5.74, 6) is 6.99. The van der Waals surface area contributed by atoms with Crippen LogP contribution in [0.15, 0.2) is 99.6 Å². The van der Waals surface area contributed by atoms with Gasteiger partial charge in [0.15, 0.2) is 20.3 Å². The van der Waals surface area contributed by atoms with Gasteiger partial charge in [-0.25, -0.2) is 4.79 Å². The Morgan fingerprint density at radius 1 is 0.758 bits per heavy atom. The minimum absolute atomic E-state index is 0.225. The third-order valence-corrected chi connectivity index (χ3v) is 8.82. The Morgan fingerprint density at radius 3 is 1.82 bits per heavy atom. The molecule has 0 atom stereocenters. The highest BCUT2D eigenvalue weighted by molar-refractivity contribution is 7.97. The molecule has 3 heteroatoms. The number of esters is 1. The van der Waals surface area contributed by atoms with Crippen LogP contribution in [0.25, 0.3) is 0 Å². The minimum Gasteiger partial charge on any atom is -0.442 e. The molecule has 0 bridgehead atoms. The molecule has 33 heavy (non-hydrogen) atoms. The van der Waals surface area contributed by atoms with Crippen molar-refractivity contribution in [2.45, 2.75) is 65.2 Å². The van der Waals surface area contributed by atoms with E-state index >= 15 is 0 Å². The SMILES string of the molecule is O=C(OC1(C#CC2CCCC2)CCC1)c1ccc([S+](c2ccccc2)c2ccccc2)cc1. The van der Waals surface area contributed by atoms with Gasteiger partial charge in [-0.1, -0.05) is 61.1 Å². The van der Waals surface area contributed by atoms with Crippen molar-refractivity contribution in [1.82, 2.24) is 0 Å². The average molecular weight is 454 g/mol. The van der Waals surface area contributed by atoms with Gasteiger partial charge in [0.1, 0.15) is 0 Å². The summed E-state index contributed by atoms with van der Waals surface area (Å²) < 4.78 is 5.98. The molecular formula is C30H29O2S+. The molecule has 0 aliphatic heterocycles. The molecule has 5 rings (SSSR count). The van der Waals surface area contributed by atoms with Crippen LogP contribution < -0.4 is 0 Å². The lowest BCUT2D eigenvalue weighted by molar-refractivity contribution is -0.0259. The standard InChI is InChI=1S/C30H29O2S/c31-29(32-30(21-9-22-30)23-20-24-10-7-8-11-24)25-16-18-28(19-17-25)33(26-12-3-1-4-13-26)27-14-5-2-6-15-27/h1-6,12-19,24H,7-11,21-22H2/q+1. The third kappa shape index (κ3) is 5.02. The summed E-state index contributed by atoms with van der Waals surface area (Å²) in [6.07, 6.45) is 7.68. The van der Waals surface area contributed by atoms with Crippen molar-refractivity contribution in [2.24, 2.45) is 5.92 Å². The summed E-state index contributed by atoms with van der Waals surface area (Å²) in [6.45, 7) is 0. The van der Waals surface area contributed by atoms with Gasteiger partial charge in [0, 0.05) is 5.92 Å². The number of hydrogen-bond donors (Lipinski definition) is 0. The van der Waals surface area contributed by atoms with Crippen LogP contribution in [0, 0.1) is 17.8 Å². The van der Waals surface area contributed by atoms with Crippen molar-refractivity contribution in [3.05, 3.63) is 90.5 Å². The van der Waals surface area contributed by atoms with E-state index in [0.717, 1.165) is 19.3 Å². The zero-order valence-electron chi connectivity index (χ0n) is 18.8. The Balaban J connectivity index is 1.35. The van der Waals surface area contributed by atoms with Crippen LogP contribution in [0.2, 0.25) is 0 Å². The highest BCUT2D eigenvalue weighted by atomic mass is 32.2. The molecule has 0 spiro atoms. The number of carbonyl (C=O) groups excluding carboxylic acids is 1. The van der Waals surface area contributed by atoms with E-state index in [1.165, 1.54) is 40.4 Å². The van der Waals surface area contributed by atoms with Gasteiger partial charge in [-0.3, -0.25) is 0 Å². The van der Waals surface area contributed by atoms with E-state index in [-0.39, 0.29) is 16.9 Å². The smallest absolute Gasteiger partial charge is 0.339 e. The summed E-state index contributed by atoms with van der Waals surface area (Å²) in [5.41, 5.74) is 0.0221. The first-order valence-electron chi connectivity index (χ1n) is 11.9. The van der Waals surface area contributed by atoms with Crippen molar-refractivity contribution in [3.8, 4) is 11.8 Å². The second-order valence-corrected chi connectivity index (χ2v) is 11.0.